The van der Waals surface area contributed by atoms with Gasteiger partial charge >= 0.3 is 6.03 Å². The van der Waals surface area contributed by atoms with Crippen LogP contribution in [0.2, 0.25) is 0 Å². The van der Waals surface area contributed by atoms with Gasteiger partial charge < -0.3 is 14.4 Å². The average Bonchev–Trinajstić information content (AvgIpc) is 3.61. The Bertz CT molecular complexity index is 1570. The largest absolute Gasteiger partial charge is 0.497 e. The first-order valence-corrected chi connectivity index (χ1v) is 13.5. The molecule has 1 saturated heterocycles. The highest BCUT2D eigenvalue weighted by Crippen LogP contribution is 2.49. The maximum absolute atomic E-state index is 15.4. The Morgan fingerprint density at radius 2 is 1.68 bits per heavy atom. The Labute approximate surface area is 232 Å². The first-order chi connectivity index (χ1) is 19.4. The summed E-state index contributed by atoms with van der Waals surface area (Å²) in [6.45, 7) is 0.213. The van der Waals surface area contributed by atoms with Crippen molar-refractivity contribution >= 4 is 23.3 Å². The van der Waals surface area contributed by atoms with Gasteiger partial charge in [0.25, 0.3) is 5.91 Å². The molecule has 1 spiro atoms. The number of carbonyl (C=O) groups excluding carboxylic acids is 2. The van der Waals surface area contributed by atoms with Crippen LogP contribution in [0.5, 0.6) is 11.5 Å². The van der Waals surface area contributed by atoms with Gasteiger partial charge in [-0.15, -0.1) is 10.2 Å². The van der Waals surface area contributed by atoms with E-state index in [9.17, 15) is 14.0 Å². The van der Waals surface area contributed by atoms with Gasteiger partial charge in [0.1, 0.15) is 22.9 Å². The van der Waals surface area contributed by atoms with Gasteiger partial charge in [-0.1, -0.05) is 53.8 Å². The Morgan fingerprint density at radius 1 is 0.925 bits per heavy atom. The number of ether oxygens (including phenoxy) is 2. The molecule has 0 radical (unpaired) electrons. The quantitative estimate of drug-likeness (QED) is 0.248. The summed E-state index contributed by atoms with van der Waals surface area (Å²) in [5.74, 6) is -1.80. The first kappa shape index (κ1) is 25.9. The Hall–Kier alpha value is -4.38. The van der Waals surface area contributed by atoms with Gasteiger partial charge in [-0.05, 0) is 48.2 Å². The molecule has 0 unspecified atom stereocenters. The normalized spacial score (nSPS) is 15.7. The summed E-state index contributed by atoms with van der Waals surface area (Å²) in [7, 11) is 1.55. The minimum absolute atomic E-state index is 0.0329. The molecule has 0 atom stereocenters. The Morgan fingerprint density at radius 3 is 2.38 bits per heavy atom. The lowest BCUT2D eigenvalue weighted by Crippen LogP contribution is -2.36. The molecule has 3 amide bonds. The van der Waals surface area contributed by atoms with Crippen LogP contribution in [-0.4, -0.2) is 44.6 Å². The number of carbonyl (C=O) groups is 2. The van der Waals surface area contributed by atoms with Crippen molar-refractivity contribution in [2.75, 3.05) is 7.11 Å². The second-order valence-corrected chi connectivity index (χ2v) is 10.7. The van der Waals surface area contributed by atoms with Crippen molar-refractivity contribution in [3.05, 3.63) is 94.5 Å². The average molecular weight is 563 g/mol. The van der Waals surface area contributed by atoms with Crippen LogP contribution in [0.4, 0.5) is 13.6 Å². The fraction of sp³-hybridized carbons (Fsp3) is 0.241. The maximum atomic E-state index is 15.4. The highest BCUT2D eigenvalue weighted by Gasteiger charge is 2.64. The highest BCUT2D eigenvalue weighted by atomic mass is 32.1. The molecule has 1 aliphatic carbocycles. The molecule has 2 aliphatic rings. The lowest BCUT2D eigenvalue weighted by atomic mass is 10.2. The molecule has 1 saturated carbocycles. The van der Waals surface area contributed by atoms with Gasteiger partial charge in [-0.3, -0.25) is 9.69 Å². The summed E-state index contributed by atoms with van der Waals surface area (Å²) in [5, 5.41) is 8.90. The van der Waals surface area contributed by atoms with Crippen LogP contribution < -0.4 is 9.47 Å². The SMILES string of the molecule is COc1ccc(COc2c(F)ccc(-c3nnc(CN4C(=O)N(Cc5ccccc5)C(=O)C45CC5)s3)c2F)cc1. The summed E-state index contributed by atoms with van der Waals surface area (Å²) in [6.07, 6.45) is 1.16. The van der Waals surface area contributed by atoms with E-state index in [0.717, 1.165) is 23.0 Å². The Kier molecular flexibility index (Phi) is 6.67. The number of rotatable bonds is 9. The van der Waals surface area contributed by atoms with Crippen molar-refractivity contribution in [1.29, 1.82) is 0 Å². The van der Waals surface area contributed by atoms with Crippen molar-refractivity contribution in [2.24, 2.45) is 0 Å². The molecule has 1 aliphatic heterocycles. The summed E-state index contributed by atoms with van der Waals surface area (Å²) < 4.78 is 40.5. The summed E-state index contributed by atoms with van der Waals surface area (Å²) in [6, 6.07) is 18.3. The first-order valence-electron chi connectivity index (χ1n) is 12.6. The van der Waals surface area contributed by atoms with E-state index in [0.29, 0.717) is 29.2 Å². The topological polar surface area (TPSA) is 84.9 Å². The molecular weight excluding hydrogens is 538 g/mol. The zero-order valence-electron chi connectivity index (χ0n) is 21.5. The van der Waals surface area contributed by atoms with Crippen LogP contribution in [0.1, 0.15) is 29.0 Å². The van der Waals surface area contributed by atoms with E-state index < -0.39 is 22.9 Å². The Balaban J connectivity index is 1.19. The van der Waals surface area contributed by atoms with E-state index in [1.165, 1.54) is 15.9 Å². The van der Waals surface area contributed by atoms with Gasteiger partial charge in [0, 0.05) is 0 Å². The van der Waals surface area contributed by atoms with Crippen LogP contribution in [0.25, 0.3) is 10.6 Å². The van der Waals surface area contributed by atoms with E-state index >= 15 is 4.39 Å². The van der Waals surface area contributed by atoms with Crippen molar-refractivity contribution < 1.29 is 27.8 Å². The molecule has 1 aromatic heterocycles. The summed E-state index contributed by atoms with van der Waals surface area (Å²) in [4.78, 5) is 29.3. The van der Waals surface area contributed by atoms with Crippen LogP contribution in [-0.2, 0) is 24.5 Å². The molecular formula is C29H24F2N4O4S. The third-order valence-corrected chi connectivity index (χ3v) is 8.05. The van der Waals surface area contributed by atoms with Gasteiger partial charge in [0.2, 0.25) is 0 Å². The smallest absolute Gasteiger partial charge is 0.328 e. The van der Waals surface area contributed by atoms with Gasteiger partial charge in [0.15, 0.2) is 22.4 Å². The second-order valence-electron chi connectivity index (χ2n) is 9.65. The predicted molar refractivity (Wildman–Crippen MR) is 142 cm³/mol. The molecule has 204 valence electrons. The summed E-state index contributed by atoms with van der Waals surface area (Å²) >= 11 is 1.08. The van der Waals surface area contributed by atoms with Crippen LogP contribution in [0.15, 0.2) is 66.7 Å². The fourth-order valence-electron chi connectivity index (χ4n) is 4.78. The van der Waals surface area contributed by atoms with Crippen molar-refractivity contribution in [1.82, 2.24) is 20.0 Å². The number of halogens is 2. The molecule has 0 bridgehead atoms. The molecule has 6 rings (SSSR count). The third kappa shape index (κ3) is 4.66. The number of aromatic nitrogens is 2. The van der Waals surface area contributed by atoms with E-state index in [1.54, 1.807) is 31.4 Å². The van der Waals surface area contributed by atoms with E-state index in [1.807, 2.05) is 30.3 Å². The number of hydrogen-bond donors (Lipinski definition) is 0. The molecule has 4 aromatic rings. The van der Waals surface area contributed by atoms with E-state index in [-0.39, 0.29) is 42.2 Å². The number of urea groups is 1. The predicted octanol–water partition coefficient (Wildman–Crippen LogP) is 5.57. The minimum atomic E-state index is -0.892. The highest BCUT2D eigenvalue weighted by molar-refractivity contribution is 7.14. The molecule has 40 heavy (non-hydrogen) atoms. The van der Waals surface area contributed by atoms with E-state index in [4.69, 9.17) is 9.47 Å². The van der Waals surface area contributed by atoms with Crippen LogP contribution in [0.3, 0.4) is 0 Å². The standard InChI is InChI=1S/C29H24F2N4O4S/c1-38-20-9-7-19(8-10-20)17-39-25-22(30)12-11-21(24(25)31)26-33-32-23(40-26)16-35-28(37)34(27(36)29(35)13-14-29)15-18-5-3-2-4-6-18/h2-12H,13-17H2,1H3. The zero-order chi connectivity index (χ0) is 27.9. The number of benzene rings is 3. The molecule has 11 heteroatoms. The summed E-state index contributed by atoms with van der Waals surface area (Å²) in [5.41, 5.74) is 0.743. The van der Waals surface area contributed by atoms with Gasteiger partial charge in [0.05, 0.1) is 25.8 Å². The molecule has 2 heterocycles. The fourth-order valence-corrected chi connectivity index (χ4v) is 5.63. The number of methoxy groups -OCH3 is 1. The number of hydrogen-bond acceptors (Lipinski definition) is 7. The molecule has 8 nitrogen and oxygen atoms in total. The van der Waals surface area contributed by atoms with Crippen LogP contribution in [0, 0.1) is 11.6 Å². The van der Waals surface area contributed by atoms with Crippen molar-refractivity contribution in [3.8, 4) is 22.1 Å². The lowest BCUT2D eigenvalue weighted by molar-refractivity contribution is -0.129. The third-order valence-electron chi connectivity index (χ3n) is 7.11. The lowest BCUT2D eigenvalue weighted by Gasteiger charge is -2.19. The zero-order valence-corrected chi connectivity index (χ0v) is 22.3. The monoisotopic (exact) mass is 562 g/mol. The molecule has 2 fully saturated rings. The molecule has 0 N–H and O–H groups in total. The van der Waals surface area contributed by atoms with Gasteiger partial charge in [-0.2, -0.15) is 0 Å². The van der Waals surface area contributed by atoms with Crippen molar-refractivity contribution in [2.45, 2.75) is 38.1 Å². The number of imide groups is 1. The minimum Gasteiger partial charge on any atom is -0.497 e. The van der Waals surface area contributed by atoms with Crippen LogP contribution >= 0.6 is 11.3 Å². The molecule has 3 aromatic carbocycles. The number of amides is 3. The van der Waals surface area contributed by atoms with Crippen molar-refractivity contribution in [3.63, 3.8) is 0 Å². The van der Waals surface area contributed by atoms with E-state index in [2.05, 4.69) is 10.2 Å². The second kappa shape index (κ2) is 10.3. The number of nitrogens with zero attached hydrogens (tertiary/aromatic N) is 4. The van der Waals surface area contributed by atoms with Gasteiger partial charge in [-0.25, -0.2) is 13.6 Å². The maximum Gasteiger partial charge on any atom is 0.328 e.